The normalized spacial score (nSPS) is 11.7. The molecular formula is C16H24GeN2. The van der Waals surface area contributed by atoms with Crippen molar-refractivity contribution in [2.45, 2.75) is 43.5 Å². The van der Waals surface area contributed by atoms with E-state index in [1.165, 1.54) is 15.8 Å². The molecule has 0 heterocycles. The average molecular weight is 317 g/mol. The van der Waals surface area contributed by atoms with Gasteiger partial charge in [-0.3, -0.25) is 0 Å². The number of nitrogens with one attached hydrogen (secondary N) is 1. The van der Waals surface area contributed by atoms with Gasteiger partial charge in [0.25, 0.3) is 0 Å². The maximum absolute atomic E-state index is 4.32. The molecule has 1 aromatic carbocycles. The van der Waals surface area contributed by atoms with Gasteiger partial charge in [0.15, 0.2) is 0 Å². The molecule has 0 aromatic heterocycles. The summed E-state index contributed by atoms with van der Waals surface area (Å²) >= 11 is -1.88. The van der Waals surface area contributed by atoms with Crippen LogP contribution in [0.2, 0.25) is 15.8 Å². The van der Waals surface area contributed by atoms with Crippen LogP contribution in [0.4, 0.5) is 5.69 Å². The van der Waals surface area contributed by atoms with Crippen LogP contribution in [0.15, 0.2) is 35.4 Å². The van der Waals surface area contributed by atoms with Gasteiger partial charge in [-0.15, -0.1) is 0 Å². The fraction of sp³-hybridized carbons (Fsp3) is 0.438. The SMILES string of the molecule is C[CH2][Ge]([C]#C/C(C)=N/Nc1ccccc1)([CH2]C)[CH2]C. The Labute approximate surface area is 120 Å². The minimum absolute atomic E-state index is 0.870. The number of hydrazone groups is 1. The van der Waals surface area contributed by atoms with Crippen molar-refractivity contribution in [2.24, 2.45) is 5.10 Å². The molecule has 0 radical (unpaired) electrons. The van der Waals surface area contributed by atoms with E-state index < -0.39 is 13.3 Å². The van der Waals surface area contributed by atoms with E-state index >= 15 is 0 Å². The Morgan fingerprint density at radius 2 is 1.68 bits per heavy atom. The fourth-order valence-electron chi connectivity index (χ4n) is 1.93. The van der Waals surface area contributed by atoms with Gasteiger partial charge < -0.3 is 0 Å². The van der Waals surface area contributed by atoms with Crippen LogP contribution in [-0.4, -0.2) is 19.0 Å². The van der Waals surface area contributed by atoms with E-state index in [1.807, 2.05) is 37.3 Å². The Balaban J connectivity index is 2.71. The molecule has 2 nitrogen and oxygen atoms in total. The summed E-state index contributed by atoms with van der Waals surface area (Å²) in [5.74, 6) is 3.27. The van der Waals surface area contributed by atoms with Crippen LogP contribution in [0.3, 0.4) is 0 Å². The molecule has 102 valence electrons. The van der Waals surface area contributed by atoms with Gasteiger partial charge in [-0.1, -0.05) is 0 Å². The number of anilines is 1. The van der Waals surface area contributed by atoms with Gasteiger partial charge in [-0.25, -0.2) is 0 Å². The first kappa shape index (κ1) is 15.8. The molecule has 0 atom stereocenters. The third kappa shape index (κ3) is 5.12. The topological polar surface area (TPSA) is 24.4 Å². The van der Waals surface area contributed by atoms with Crippen molar-refractivity contribution in [3.8, 4) is 10.7 Å². The fourth-order valence-corrected chi connectivity index (χ4v) is 7.12. The van der Waals surface area contributed by atoms with E-state index in [9.17, 15) is 0 Å². The number of hydrogen-bond donors (Lipinski definition) is 1. The predicted molar refractivity (Wildman–Crippen MR) is 88.1 cm³/mol. The Hall–Kier alpha value is -1.21. The number of hydrogen-bond acceptors (Lipinski definition) is 2. The molecule has 1 aromatic rings. The summed E-state index contributed by atoms with van der Waals surface area (Å²) in [6.07, 6.45) is 0. The molecule has 0 saturated carbocycles. The van der Waals surface area contributed by atoms with Crippen molar-refractivity contribution in [1.29, 1.82) is 0 Å². The summed E-state index contributed by atoms with van der Waals surface area (Å²) in [4.78, 5) is 0. The maximum atomic E-state index is 4.32. The molecule has 0 aliphatic rings. The minimum atomic E-state index is -1.88. The van der Waals surface area contributed by atoms with Crippen LogP contribution in [0, 0.1) is 10.7 Å². The van der Waals surface area contributed by atoms with Gasteiger partial charge in [0.2, 0.25) is 0 Å². The van der Waals surface area contributed by atoms with E-state index in [4.69, 9.17) is 0 Å². The van der Waals surface area contributed by atoms with E-state index in [2.05, 4.69) is 42.0 Å². The standard InChI is InChI=1S/C16H24GeN2/c1-5-17(6-2,7-3)14-13-15(4)18-19-16-11-9-8-10-12-16/h8-12,19H,5-7H2,1-4H3/b18-15+. The zero-order chi connectivity index (χ0) is 14.1. The van der Waals surface area contributed by atoms with Crippen molar-refractivity contribution in [2.75, 3.05) is 5.43 Å². The molecule has 1 rings (SSSR count). The molecule has 3 heteroatoms. The molecule has 0 aliphatic heterocycles. The van der Waals surface area contributed by atoms with Crippen molar-refractivity contribution < 1.29 is 0 Å². The van der Waals surface area contributed by atoms with E-state index in [0.717, 1.165) is 11.4 Å². The molecule has 0 amide bonds. The summed E-state index contributed by atoms with van der Waals surface area (Å²) < 4.78 is 3.59. The first-order chi connectivity index (χ1) is 9.15. The number of benzene rings is 1. The molecule has 0 aliphatic carbocycles. The monoisotopic (exact) mass is 318 g/mol. The first-order valence-corrected chi connectivity index (χ1v) is 12.5. The van der Waals surface area contributed by atoms with Gasteiger partial charge >= 0.3 is 120 Å². The van der Waals surface area contributed by atoms with E-state index in [0.29, 0.717) is 0 Å². The summed E-state index contributed by atoms with van der Waals surface area (Å²) in [7, 11) is 0. The summed E-state index contributed by atoms with van der Waals surface area (Å²) in [6.45, 7) is 8.83. The third-order valence-corrected chi connectivity index (χ3v) is 13.6. The number of para-hydroxylation sites is 1. The molecule has 0 spiro atoms. The Morgan fingerprint density at radius 1 is 1.11 bits per heavy atom. The first-order valence-electron chi connectivity index (χ1n) is 7.04. The van der Waals surface area contributed by atoms with Crippen molar-refractivity contribution >= 4 is 24.7 Å². The summed E-state index contributed by atoms with van der Waals surface area (Å²) in [5.41, 5.74) is 4.91. The van der Waals surface area contributed by atoms with Gasteiger partial charge in [0.1, 0.15) is 0 Å². The molecule has 19 heavy (non-hydrogen) atoms. The third-order valence-electron chi connectivity index (χ3n) is 3.67. The Bertz CT molecular complexity index is 456. The van der Waals surface area contributed by atoms with E-state index in [1.54, 1.807) is 0 Å². The summed E-state index contributed by atoms with van der Waals surface area (Å²) in [6, 6.07) is 9.97. The molecular weight excluding hydrogens is 293 g/mol. The Kier molecular flexibility index (Phi) is 6.73. The zero-order valence-corrected chi connectivity index (χ0v) is 14.6. The van der Waals surface area contributed by atoms with E-state index in [-0.39, 0.29) is 0 Å². The molecule has 0 unspecified atom stereocenters. The molecule has 0 saturated heterocycles. The molecule has 0 bridgehead atoms. The van der Waals surface area contributed by atoms with Crippen LogP contribution in [-0.2, 0) is 0 Å². The van der Waals surface area contributed by atoms with Gasteiger partial charge in [0.05, 0.1) is 0 Å². The molecule has 0 fully saturated rings. The Morgan fingerprint density at radius 3 is 2.21 bits per heavy atom. The second kappa shape index (κ2) is 8.06. The predicted octanol–water partition coefficient (Wildman–Crippen LogP) is 4.53. The van der Waals surface area contributed by atoms with Gasteiger partial charge in [0, 0.05) is 0 Å². The van der Waals surface area contributed by atoms with Crippen LogP contribution in [0.5, 0.6) is 0 Å². The summed E-state index contributed by atoms with van der Waals surface area (Å²) in [5, 5.41) is 8.15. The van der Waals surface area contributed by atoms with Crippen molar-refractivity contribution in [1.82, 2.24) is 0 Å². The second-order valence-electron chi connectivity index (χ2n) is 4.77. The van der Waals surface area contributed by atoms with Crippen molar-refractivity contribution in [3.05, 3.63) is 30.3 Å². The van der Waals surface area contributed by atoms with Crippen molar-refractivity contribution in [3.63, 3.8) is 0 Å². The zero-order valence-electron chi connectivity index (χ0n) is 12.5. The molecule has 1 N–H and O–H groups in total. The van der Waals surface area contributed by atoms with Crippen LogP contribution in [0.25, 0.3) is 0 Å². The number of rotatable bonds is 5. The quantitative estimate of drug-likeness (QED) is 0.367. The second-order valence-corrected chi connectivity index (χ2v) is 15.1. The van der Waals surface area contributed by atoms with Crippen LogP contribution < -0.4 is 5.43 Å². The van der Waals surface area contributed by atoms with Crippen LogP contribution >= 0.6 is 0 Å². The average Bonchev–Trinajstić information content (AvgIpc) is 2.48. The number of nitrogens with zero attached hydrogens (tertiary/aromatic N) is 1. The van der Waals surface area contributed by atoms with Crippen LogP contribution in [0.1, 0.15) is 27.7 Å². The van der Waals surface area contributed by atoms with Gasteiger partial charge in [-0.05, 0) is 0 Å². The van der Waals surface area contributed by atoms with Gasteiger partial charge in [-0.2, -0.15) is 0 Å².